The number of nitrogens with zero attached hydrogens (tertiary/aromatic N) is 4. The number of nitrogens with one attached hydrogen (secondary N) is 3. The van der Waals surface area contributed by atoms with E-state index in [9.17, 15) is 9.18 Å². The number of hydrogen-bond acceptors (Lipinski definition) is 6. The first kappa shape index (κ1) is 24.9. The van der Waals surface area contributed by atoms with Crippen LogP contribution in [0.5, 0.6) is 5.75 Å². The van der Waals surface area contributed by atoms with Gasteiger partial charge in [-0.25, -0.2) is 9.37 Å². The maximum absolute atomic E-state index is 14.3. The zero-order valence-corrected chi connectivity index (χ0v) is 22.2. The molecule has 1 amide bonds. The fourth-order valence-electron chi connectivity index (χ4n) is 5.61. The molecule has 5 heterocycles. The molecular formula is C31H26FN7O2. The van der Waals surface area contributed by atoms with Crippen molar-refractivity contribution >= 4 is 33.5 Å². The van der Waals surface area contributed by atoms with E-state index >= 15 is 0 Å². The summed E-state index contributed by atoms with van der Waals surface area (Å²) < 4.78 is 19.6. The number of benzene rings is 1. The maximum Gasteiger partial charge on any atom is 0.227 e. The number of pyridine rings is 3. The van der Waals surface area contributed by atoms with E-state index in [0.29, 0.717) is 22.6 Å². The molecule has 0 bridgehead atoms. The molecule has 9 nitrogen and oxygen atoms in total. The standard InChI is InChI=1S/C31H26FN7O2/c1-41-23-8-18(6-21(32)10-23)26-15-34-16-28-24(26)11-27(37-28)29-25-9-20(13-35-30(25)39-38-29)19-7-22(14-33-12-19)36-31(40)17-4-2-3-5-17/h6-17,37H,2-5H2,1H3,(H,36,40)(H,35,38,39). The highest BCUT2D eigenvalue weighted by molar-refractivity contribution is 6.01. The Kier molecular flexibility index (Phi) is 6.15. The fourth-order valence-corrected chi connectivity index (χ4v) is 5.61. The van der Waals surface area contributed by atoms with Crippen molar-refractivity contribution < 1.29 is 13.9 Å². The number of rotatable bonds is 6. The van der Waals surface area contributed by atoms with E-state index < -0.39 is 0 Å². The first-order valence-electron chi connectivity index (χ1n) is 13.5. The molecule has 0 spiro atoms. The minimum atomic E-state index is -0.387. The van der Waals surface area contributed by atoms with Gasteiger partial charge in [-0.2, -0.15) is 5.10 Å². The Bertz CT molecular complexity index is 1920. The van der Waals surface area contributed by atoms with Crippen LogP contribution in [0.4, 0.5) is 10.1 Å². The van der Waals surface area contributed by atoms with Gasteiger partial charge in [0, 0.05) is 58.0 Å². The monoisotopic (exact) mass is 547 g/mol. The van der Waals surface area contributed by atoms with Gasteiger partial charge in [0.05, 0.1) is 42.1 Å². The number of carbonyl (C=O) groups is 1. The van der Waals surface area contributed by atoms with E-state index in [4.69, 9.17) is 4.74 Å². The molecule has 1 aliphatic carbocycles. The van der Waals surface area contributed by atoms with E-state index in [-0.39, 0.29) is 17.6 Å². The van der Waals surface area contributed by atoms with Crippen molar-refractivity contribution in [3.63, 3.8) is 0 Å². The summed E-state index contributed by atoms with van der Waals surface area (Å²) in [6.45, 7) is 0. The molecule has 1 aliphatic rings. The van der Waals surface area contributed by atoms with Crippen LogP contribution in [0.25, 0.3) is 55.6 Å². The molecule has 1 aromatic carbocycles. The number of aromatic nitrogens is 6. The van der Waals surface area contributed by atoms with Gasteiger partial charge in [-0.3, -0.25) is 19.9 Å². The van der Waals surface area contributed by atoms with Crippen LogP contribution < -0.4 is 10.1 Å². The summed E-state index contributed by atoms with van der Waals surface area (Å²) in [6.07, 6.45) is 12.7. The molecule has 0 unspecified atom stereocenters. The van der Waals surface area contributed by atoms with Crippen LogP contribution in [0.2, 0.25) is 0 Å². The second-order valence-electron chi connectivity index (χ2n) is 10.3. The van der Waals surface area contributed by atoms with Crippen LogP contribution in [-0.2, 0) is 4.79 Å². The fraction of sp³-hybridized carbons (Fsp3) is 0.194. The molecule has 0 radical (unpaired) electrons. The highest BCUT2D eigenvalue weighted by Gasteiger charge is 2.23. The number of H-pyrrole nitrogens is 2. The molecule has 41 heavy (non-hydrogen) atoms. The molecule has 0 saturated heterocycles. The van der Waals surface area contributed by atoms with Gasteiger partial charge in [0.15, 0.2) is 5.65 Å². The molecule has 0 atom stereocenters. The van der Waals surface area contributed by atoms with Crippen LogP contribution >= 0.6 is 0 Å². The number of anilines is 1. The molecule has 204 valence electrons. The van der Waals surface area contributed by atoms with Gasteiger partial charge in [-0.1, -0.05) is 12.8 Å². The lowest BCUT2D eigenvalue weighted by Crippen LogP contribution is -2.20. The summed E-state index contributed by atoms with van der Waals surface area (Å²) in [5, 5.41) is 12.2. The summed E-state index contributed by atoms with van der Waals surface area (Å²) in [6, 6.07) is 10.5. The van der Waals surface area contributed by atoms with Crippen LogP contribution in [-0.4, -0.2) is 43.2 Å². The zero-order chi connectivity index (χ0) is 27.9. The summed E-state index contributed by atoms with van der Waals surface area (Å²) in [5.41, 5.74) is 6.67. The number of halogens is 1. The largest absolute Gasteiger partial charge is 0.497 e. The SMILES string of the molecule is COc1cc(F)cc(-c2cncc3[nH]c(-c4[nH]nc5ncc(-c6cncc(NC(=O)C7CCCC7)c6)cc45)cc23)c1. The van der Waals surface area contributed by atoms with E-state index in [1.807, 2.05) is 18.2 Å². The number of aromatic amines is 2. The Morgan fingerprint density at radius 3 is 2.61 bits per heavy atom. The minimum Gasteiger partial charge on any atom is -0.497 e. The van der Waals surface area contributed by atoms with Gasteiger partial charge in [-0.05, 0) is 48.7 Å². The van der Waals surface area contributed by atoms with E-state index in [1.54, 1.807) is 37.1 Å². The smallest absolute Gasteiger partial charge is 0.227 e. The first-order chi connectivity index (χ1) is 20.1. The molecule has 0 aliphatic heterocycles. The summed E-state index contributed by atoms with van der Waals surface area (Å²) in [4.78, 5) is 29.4. The van der Waals surface area contributed by atoms with Gasteiger partial charge in [-0.15, -0.1) is 0 Å². The molecule has 6 aromatic rings. The van der Waals surface area contributed by atoms with E-state index in [2.05, 4.69) is 35.5 Å². The van der Waals surface area contributed by atoms with Gasteiger partial charge < -0.3 is 15.0 Å². The Morgan fingerprint density at radius 2 is 1.76 bits per heavy atom. The molecule has 10 heteroatoms. The number of ether oxygens (including phenoxy) is 1. The number of methoxy groups -OCH3 is 1. The van der Waals surface area contributed by atoms with Gasteiger partial charge in [0.2, 0.25) is 5.91 Å². The minimum absolute atomic E-state index is 0.0523. The van der Waals surface area contributed by atoms with Crippen LogP contribution in [0.3, 0.4) is 0 Å². The second-order valence-corrected chi connectivity index (χ2v) is 10.3. The third-order valence-electron chi connectivity index (χ3n) is 7.71. The van der Waals surface area contributed by atoms with Gasteiger partial charge in [0.1, 0.15) is 11.6 Å². The second kappa shape index (κ2) is 10.1. The third-order valence-corrected chi connectivity index (χ3v) is 7.71. The summed E-state index contributed by atoms with van der Waals surface area (Å²) in [5.74, 6) is 0.168. The Hall–Kier alpha value is -5.12. The quantitative estimate of drug-likeness (QED) is 0.219. The van der Waals surface area contributed by atoms with Gasteiger partial charge >= 0.3 is 0 Å². The molecule has 3 N–H and O–H groups in total. The Morgan fingerprint density at radius 1 is 0.927 bits per heavy atom. The van der Waals surface area contributed by atoms with Crippen molar-refractivity contribution in [3.05, 3.63) is 73.2 Å². The molecule has 7 rings (SSSR count). The van der Waals surface area contributed by atoms with Crippen molar-refractivity contribution in [2.75, 3.05) is 12.4 Å². The lowest BCUT2D eigenvalue weighted by Gasteiger charge is -2.11. The van der Waals surface area contributed by atoms with Gasteiger partial charge in [0.25, 0.3) is 0 Å². The van der Waals surface area contributed by atoms with Crippen LogP contribution in [0.15, 0.2) is 67.4 Å². The number of carbonyl (C=O) groups excluding carboxylic acids is 1. The summed E-state index contributed by atoms with van der Waals surface area (Å²) >= 11 is 0. The molecular weight excluding hydrogens is 521 g/mol. The molecule has 1 fully saturated rings. The average molecular weight is 548 g/mol. The predicted octanol–water partition coefficient (Wildman–Crippen LogP) is 6.51. The number of hydrogen-bond donors (Lipinski definition) is 3. The van der Waals surface area contributed by atoms with Crippen LogP contribution in [0, 0.1) is 11.7 Å². The van der Waals surface area contributed by atoms with Crippen molar-refractivity contribution in [2.45, 2.75) is 25.7 Å². The van der Waals surface area contributed by atoms with Crippen molar-refractivity contribution in [1.82, 2.24) is 30.1 Å². The normalized spacial score (nSPS) is 13.7. The van der Waals surface area contributed by atoms with Crippen molar-refractivity contribution in [2.24, 2.45) is 5.92 Å². The number of fused-ring (bicyclic) bond motifs is 2. The average Bonchev–Trinajstić information content (AvgIpc) is 3.76. The third kappa shape index (κ3) is 4.67. The van der Waals surface area contributed by atoms with Crippen LogP contribution in [0.1, 0.15) is 25.7 Å². The molecule has 1 saturated carbocycles. The Balaban J connectivity index is 1.25. The lowest BCUT2D eigenvalue weighted by atomic mass is 10.0. The highest BCUT2D eigenvalue weighted by Crippen LogP contribution is 2.36. The maximum atomic E-state index is 14.3. The first-order valence-corrected chi connectivity index (χ1v) is 13.5. The lowest BCUT2D eigenvalue weighted by molar-refractivity contribution is -0.119. The van der Waals surface area contributed by atoms with Crippen molar-refractivity contribution in [1.29, 1.82) is 0 Å². The van der Waals surface area contributed by atoms with E-state index in [1.165, 1.54) is 19.2 Å². The Labute approximate surface area is 234 Å². The summed E-state index contributed by atoms with van der Waals surface area (Å²) in [7, 11) is 1.51. The molecule has 5 aromatic heterocycles. The van der Waals surface area contributed by atoms with Crippen molar-refractivity contribution in [3.8, 4) is 39.4 Å². The zero-order valence-electron chi connectivity index (χ0n) is 22.2. The topological polar surface area (TPSA) is 121 Å². The number of amides is 1. The van der Waals surface area contributed by atoms with E-state index in [0.717, 1.165) is 70.1 Å². The highest BCUT2D eigenvalue weighted by atomic mass is 19.1. The predicted molar refractivity (Wildman–Crippen MR) is 155 cm³/mol.